The molecule has 0 unspecified atom stereocenters. The first-order valence-electron chi connectivity index (χ1n) is 9.40. The number of aryl methyl sites for hydroxylation is 3. The molecule has 0 N–H and O–H groups in total. The highest BCUT2D eigenvalue weighted by molar-refractivity contribution is 6.31. The van der Waals surface area contributed by atoms with E-state index in [1.54, 1.807) is 10.9 Å². The minimum atomic E-state index is 0.102. The Hall–Kier alpha value is -1.82. The number of carbonyl (C=O) groups is 1. The van der Waals surface area contributed by atoms with E-state index in [4.69, 9.17) is 11.6 Å². The maximum Gasteiger partial charge on any atom is 0.226 e. The van der Waals surface area contributed by atoms with Crippen molar-refractivity contribution in [3.05, 3.63) is 34.4 Å². The number of hydrogen-bond donors (Lipinski definition) is 0. The Balaban J connectivity index is 1.81. The van der Waals surface area contributed by atoms with Crippen LogP contribution in [0.2, 0.25) is 5.02 Å². The predicted octanol–water partition coefficient (Wildman–Crippen LogP) is 3.61. The van der Waals surface area contributed by atoms with Gasteiger partial charge in [0.25, 0.3) is 0 Å². The Labute approximate surface area is 160 Å². The zero-order valence-electron chi connectivity index (χ0n) is 15.9. The zero-order chi connectivity index (χ0) is 18.7. The third kappa shape index (κ3) is 4.47. The van der Waals surface area contributed by atoms with E-state index in [-0.39, 0.29) is 11.8 Å². The van der Waals surface area contributed by atoms with Crippen molar-refractivity contribution >= 4 is 17.5 Å². The summed E-state index contributed by atoms with van der Waals surface area (Å²) in [4.78, 5) is 15.2. The van der Waals surface area contributed by atoms with Crippen LogP contribution in [0.1, 0.15) is 55.6 Å². The van der Waals surface area contributed by atoms with E-state index in [0.717, 1.165) is 42.8 Å². The summed E-state index contributed by atoms with van der Waals surface area (Å²) in [7, 11) is 3.76. The molecule has 2 aromatic heterocycles. The van der Waals surface area contributed by atoms with Gasteiger partial charge in [0.2, 0.25) is 5.91 Å². The first kappa shape index (κ1) is 19.0. The molecule has 0 saturated heterocycles. The maximum absolute atomic E-state index is 13.3. The number of aromatic nitrogens is 4. The van der Waals surface area contributed by atoms with Crippen LogP contribution in [0.4, 0.5) is 0 Å². The van der Waals surface area contributed by atoms with Gasteiger partial charge in [-0.15, -0.1) is 0 Å². The van der Waals surface area contributed by atoms with Crippen LogP contribution in [0.15, 0.2) is 12.3 Å². The van der Waals surface area contributed by atoms with Gasteiger partial charge in [-0.2, -0.15) is 10.2 Å². The molecule has 1 aliphatic rings. The summed E-state index contributed by atoms with van der Waals surface area (Å²) >= 11 is 6.30. The first-order valence-corrected chi connectivity index (χ1v) is 9.78. The second kappa shape index (κ2) is 8.25. The standard InChI is InChI=1S/C19H28ClN5O/c1-14-10-16(21-24(14)3)11-25(13-18-17(20)12-23(2)22-18)19(26)15-8-6-4-5-7-9-15/h10,12,15H,4-9,11,13H2,1-3H3. The van der Waals surface area contributed by atoms with E-state index in [1.807, 2.05) is 36.7 Å². The lowest BCUT2D eigenvalue weighted by atomic mass is 9.98. The van der Waals surface area contributed by atoms with E-state index in [2.05, 4.69) is 10.2 Å². The molecule has 142 valence electrons. The van der Waals surface area contributed by atoms with E-state index >= 15 is 0 Å². The number of amides is 1. The van der Waals surface area contributed by atoms with Crippen LogP contribution in [-0.2, 0) is 32.0 Å². The van der Waals surface area contributed by atoms with Crippen molar-refractivity contribution in [2.24, 2.45) is 20.0 Å². The molecule has 7 heteroatoms. The van der Waals surface area contributed by atoms with E-state index in [1.165, 1.54) is 12.8 Å². The normalized spacial score (nSPS) is 15.8. The monoisotopic (exact) mass is 377 g/mol. The molecule has 0 aliphatic heterocycles. The summed E-state index contributed by atoms with van der Waals surface area (Å²) < 4.78 is 3.54. The smallest absolute Gasteiger partial charge is 0.226 e. The van der Waals surface area contributed by atoms with Gasteiger partial charge in [0, 0.05) is 31.9 Å². The van der Waals surface area contributed by atoms with Crippen LogP contribution in [-0.4, -0.2) is 30.4 Å². The highest BCUT2D eigenvalue weighted by Crippen LogP contribution is 2.26. The van der Waals surface area contributed by atoms with E-state index in [0.29, 0.717) is 18.1 Å². The third-order valence-electron chi connectivity index (χ3n) is 5.23. The summed E-state index contributed by atoms with van der Waals surface area (Å²) in [6.07, 6.45) is 8.47. The van der Waals surface area contributed by atoms with Gasteiger partial charge in [0.1, 0.15) is 5.69 Å². The van der Waals surface area contributed by atoms with Crippen LogP contribution in [0.5, 0.6) is 0 Å². The van der Waals surface area contributed by atoms with Crippen LogP contribution >= 0.6 is 11.6 Å². The average Bonchev–Trinajstić information content (AvgIpc) is 2.95. The maximum atomic E-state index is 13.3. The van der Waals surface area contributed by atoms with Gasteiger partial charge >= 0.3 is 0 Å². The number of carbonyl (C=O) groups excluding carboxylic acids is 1. The quantitative estimate of drug-likeness (QED) is 0.748. The van der Waals surface area contributed by atoms with Crippen molar-refractivity contribution < 1.29 is 4.79 Å². The fourth-order valence-electron chi connectivity index (χ4n) is 3.70. The molecule has 0 radical (unpaired) electrons. The lowest BCUT2D eigenvalue weighted by Crippen LogP contribution is -2.35. The predicted molar refractivity (Wildman–Crippen MR) is 102 cm³/mol. The fraction of sp³-hybridized carbons (Fsp3) is 0.632. The molecule has 3 rings (SSSR count). The Morgan fingerprint density at radius 2 is 1.88 bits per heavy atom. The van der Waals surface area contributed by atoms with Gasteiger partial charge in [0.05, 0.1) is 23.8 Å². The average molecular weight is 378 g/mol. The Bertz CT molecular complexity index is 739. The highest BCUT2D eigenvalue weighted by atomic mass is 35.5. The van der Waals surface area contributed by atoms with Gasteiger partial charge in [-0.1, -0.05) is 37.3 Å². The lowest BCUT2D eigenvalue weighted by Gasteiger charge is -2.26. The van der Waals surface area contributed by atoms with Gasteiger partial charge in [-0.25, -0.2) is 0 Å². The molecule has 2 heterocycles. The van der Waals surface area contributed by atoms with Crippen LogP contribution in [0.3, 0.4) is 0 Å². The van der Waals surface area contributed by atoms with Crippen molar-refractivity contribution in [1.82, 2.24) is 24.5 Å². The van der Waals surface area contributed by atoms with Crippen molar-refractivity contribution in [3.8, 4) is 0 Å². The molecule has 1 aliphatic carbocycles. The summed E-state index contributed by atoms with van der Waals surface area (Å²) in [6, 6.07) is 2.04. The summed E-state index contributed by atoms with van der Waals surface area (Å²) in [5, 5.41) is 9.56. The minimum Gasteiger partial charge on any atom is -0.330 e. The molecule has 1 fully saturated rings. The number of rotatable bonds is 5. The van der Waals surface area contributed by atoms with Gasteiger partial charge in [-0.05, 0) is 25.8 Å². The van der Waals surface area contributed by atoms with E-state index in [9.17, 15) is 4.79 Å². The van der Waals surface area contributed by atoms with Crippen molar-refractivity contribution in [1.29, 1.82) is 0 Å². The molecule has 0 aromatic carbocycles. The van der Waals surface area contributed by atoms with Crippen LogP contribution < -0.4 is 0 Å². The third-order valence-corrected chi connectivity index (χ3v) is 5.54. The summed E-state index contributed by atoms with van der Waals surface area (Å²) in [5.41, 5.74) is 2.72. The Morgan fingerprint density at radius 3 is 2.42 bits per heavy atom. The Kier molecular flexibility index (Phi) is 6.01. The fourth-order valence-corrected chi connectivity index (χ4v) is 3.94. The van der Waals surface area contributed by atoms with E-state index < -0.39 is 0 Å². The van der Waals surface area contributed by atoms with Crippen LogP contribution in [0.25, 0.3) is 0 Å². The minimum absolute atomic E-state index is 0.102. The second-order valence-electron chi connectivity index (χ2n) is 7.38. The summed E-state index contributed by atoms with van der Waals surface area (Å²) in [6.45, 7) is 2.93. The van der Waals surface area contributed by atoms with Gasteiger partial charge in [-0.3, -0.25) is 14.2 Å². The first-order chi connectivity index (χ1) is 12.4. The number of halogens is 1. The molecule has 0 atom stereocenters. The van der Waals surface area contributed by atoms with Crippen molar-refractivity contribution in [3.63, 3.8) is 0 Å². The molecular formula is C19H28ClN5O. The second-order valence-corrected chi connectivity index (χ2v) is 7.79. The molecule has 6 nitrogen and oxygen atoms in total. The van der Waals surface area contributed by atoms with Crippen molar-refractivity contribution in [2.75, 3.05) is 0 Å². The molecule has 0 spiro atoms. The van der Waals surface area contributed by atoms with Gasteiger partial charge in [0.15, 0.2) is 0 Å². The summed E-state index contributed by atoms with van der Waals surface area (Å²) in [5.74, 6) is 0.307. The van der Waals surface area contributed by atoms with Crippen molar-refractivity contribution in [2.45, 2.75) is 58.5 Å². The molecular weight excluding hydrogens is 350 g/mol. The van der Waals surface area contributed by atoms with Gasteiger partial charge < -0.3 is 4.90 Å². The number of hydrogen-bond acceptors (Lipinski definition) is 3. The Morgan fingerprint density at radius 1 is 1.19 bits per heavy atom. The molecule has 26 heavy (non-hydrogen) atoms. The highest BCUT2D eigenvalue weighted by Gasteiger charge is 2.27. The SMILES string of the molecule is Cc1cc(CN(Cc2nn(C)cc2Cl)C(=O)C2CCCCCC2)nn1C. The number of nitrogens with zero attached hydrogens (tertiary/aromatic N) is 5. The molecule has 1 saturated carbocycles. The molecule has 2 aromatic rings. The molecule has 0 bridgehead atoms. The van der Waals surface area contributed by atoms with Crippen LogP contribution in [0, 0.1) is 12.8 Å². The topological polar surface area (TPSA) is 56.0 Å². The molecule has 1 amide bonds. The zero-order valence-corrected chi connectivity index (χ0v) is 16.7. The lowest BCUT2D eigenvalue weighted by molar-refractivity contribution is -0.137. The largest absolute Gasteiger partial charge is 0.330 e.